The van der Waals surface area contributed by atoms with Gasteiger partial charge in [-0.3, -0.25) is 9.69 Å². The molecule has 1 aromatic rings. The molecule has 1 aliphatic rings. The molecule has 3 N–H and O–H groups in total. The van der Waals surface area contributed by atoms with E-state index in [2.05, 4.69) is 17.0 Å². The van der Waals surface area contributed by atoms with Crippen LogP contribution in [0.25, 0.3) is 0 Å². The third-order valence-corrected chi connectivity index (χ3v) is 3.25. The summed E-state index contributed by atoms with van der Waals surface area (Å²) in [7, 11) is 0. The molecular formula is C13H18N2O2. The standard InChI is InChI=1S/C13H18N2O2/c14-12-9-15(8-11(12)6-13(16)17)7-10-4-2-1-3-5-10/h1-5,11-12H,6-9,14H2,(H,16,17). The van der Waals surface area contributed by atoms with Crippen LogP contribution in [-0.2, 0) is 11.3 Å². The maximum absolute atomic E-state index is 10.7. The smallest absolute Gasteiger partial charge is 0.303 e. The zero-order chi connectivity index (χ0) is 12.3. The first kappa shape index (κ1) is 12.1. The van der Waals surface area contributed by atoms with Crippen LogP contribution in [0.1, 0.15) is 12.0 Å². The van der Waals surface area contributed by atoms with Gasteiger partial charge in [0.1, 0.15) is 0 Å². The van der Waals surface area contributed by atoms with Gasteiger partial charge in [-0.15, -0.1) is 0 Å². The number of hydrogen-bond acceptors (Lipinski definition) is 3. The predicted molar refractivity (Wildman–Crippen MR) is 65.4 cm³/mol. The predicted octanol–water partition coefficient (Wildman–Crippen LogP) is 0.920. The highest BCUT2D eigenvalue weighted by Gasteiger charge is 2.31. The van der Waals surface area contributed by atoms with Gasteiger partial charge in [0, 0.05) is 25.7 Å². The van der Waals surface area contributed by atoms with Crippen molar-refractivity contribution < 1.29 is 9.90 Å². The Morgan fingerprint density at radius 1 is 1.35 bits per heavy atom. The van der Waals surface area contributed by atoms with Gasteiger partial charge in [0.05, 0.1) is 6.42 Å². The van der Waals surface area contributed by atoms with E-state index in [1.807, 2.05) is 18.2 Å². The Hall–Kier alpha value is -1.39. The monoisotopic (exact) mass is 234 g/mol. The fourth-order valence-corrected chi connectivity index (χ4v) is 2.40. The minimum Gasteiger partial charge on any atom is -0.481 e. The van der Waals surface area contributed by atoms with Crippen LogP contribution in [0.15, 0.2) is 30.3 Å². The second-order valence-corrected chi connectivity index (χ2v) is 4.70. The topological polar surface area (TPSA) is 66.6 Å². The van der Waals surface area contributed by atoms with Crippen molar-refractivity contribution in [3.8, 4) is 0 Å². The summed E-state index contributed by atoms with van der Waals surface area (Å²) < 4.78 is 0. The van der Waals surface area contributed by atoms with E-state index in [0.717, 1.165) is 19.6 Å². The van der Waals surface area contributed by atoms with Crippen LogP contribution in [0.3, 0.4) is 0 Å². The van der Waals surface area contributed by atoms with Gasteiger partial charge in [0.25, 0.3) is 0 Å². The van der Waals surface area contributed by atoms with Gasteiger partial charge in [-0.2, -0.15) is 0 Å². The Kier molecular flexibility index (Phi) is 3.76. The average Bonchev–Trinajstić information content (AvgIpc) is 2.59. The lowest BCUT2D eigenvalue weighted by atomic mass is 10.0. The van der Waals surface area contributed by atoms with Gasteiger partial charge >= 0.3 is 5.97 Å². The number of benzene rings is 1. The van der Waals surface area contributed by atoms with Crippen LogP contribution in [0.4, 0.5) is 0 Å². The average molecular weight is 234 g/mol. The largest absolute Gasteiger partial charge is 0.481 e. The summed E-state index contributed by atoms with van der Waals surface area (Å²) in [6.45, 7) is 2.42. The van der Waals surface area contributed by atoms with Gasteiger partial charge in [0.2, 0.25) is 0 Å². The van der Waals surface area contributed by atoms with Crippen molar-refractivity contribution in [1.82, 2.24) is 4.90 Å². The van der Waals surface area contributed by atoms with Crippen LogP contribution in [0.2, 0.25) is 0 Å². The molecule has 1 heterocycles. The Labute approximate surface area is 101 Å². The fraction of sp³-hybridized carbons (Fsp3) is 0.462. The molecule has 0 aliphatic carbocycles. The number of carboxylic acids is 1. The van der Waals surface area contributed by atoms with Crippen molar-refractivity contribution in [3.63, 3.8) is 0 Å². The summed E-state index contributed by atoms with van der Waals surface area (Å²) >= 11 is 0. The molecule has 2 atom stereocenters. The number of rotatable bonds is 4. The minimum atomic E-state index is -0.757. The molecule has 1 aliphatic heterocycles. The highest BCUT2D eigenvalue weighted by molar-refractivity contribution is 5.67. The van der Waals surface area contributed by atoms with E-state index in [1.54, 1.807) is 0 Å². The maximum Gasteiger partial charge on any atom is 0.303 e. The molecule has 0 saturated carbocycles. The summed E-state index contributed by atoms with van der Waals surface area (Å²) in [5.41, 5.74) is 7.21. The van der Waals surface area contributed by atoms with Crippen molar-refractivity contribution in [2.45, 2.75) is 19.0 Å². The lowest BCUT2D eigenvalue weighted by Crippen LogP contribution is -2.30. The van der Waals surface area contributed by atoms with Crippen LogP contribution < -0.4 is 5.73 Å². The van der Waals surface area contributed by atoms with Crippen molar-refractivity contribution >= 4 is 5.97 Å². The van der Waals surface area contributed by atoms with Gasteiger partial charge in [-0.25, -0.2) is 0 Å². The minimum absolute atomic E-state index is 0.0187. The SMILES string of the molecule is NC1CN(Cc2ccccc2)CC1CC(=O)O. The summed E-state index contributed by atoms with van der Waals surface area (Å²) in [5.74, 6) is -0.678. The summed E-state index contributed by atoms with van der Waals surface area (Å²) in [6, 6.07) is 10.2. The molecule has 0 amide bonds. The molecule has 1 fully saturated rings. The molecule has 0 radical (unpaired) electrons. The van der Waals surface area contributed by atoms with E-state index >= 15 is 0 Å². The molecule has 1 saturated heterocycles. The second kappa shape index (κ2) is 5.29. The molecular weight excluding hydrogens is 216 g/mol. The Balaban J connectivity index is 1.91. The first-order valence-electron chi connectivity index (χ1n) is 5.89. The molecule has 4 nitrogen and oxygen atoms in total. The van der Waals surface area contributed by atoms with Crippen molar-refractivity contribution in [2.75, 3.05) is 13.1 Å². The number of nitrogens with two attached hydrogens (primary N) is 1. The second-order valence-electron chi connectivity index (χ2n) is 4.70. The first-order valence-corrected chi connectivity index (χ1v) is 5.89. The zero-order valence-electron chi connectivity index (χ0n) is 9.75. The molecule has 92 valence electrons. The van der Waals surface area contributed by atoms with E-state index < -0.39 is 5.97 Å². The number of likely N-dealkylation sites (tertiary alicyclic amines) is 1. The molecule has 17 heavy (non-hydrogen) atoms. The van der Waals surface area contributed by atoms with Crippen LogP contribution in [-0.4, -0.2) is 35.1 Å². The van der Waals surface area contributed by atoms with Gasteiger partial charge in [-0.1, -0.05) is 30.3 Å². The Morgan fingerprint density at radius 3 is 2.71 bits per heavy atom. The molecule has 0 spiro atoms. The van der Waals surface area contributed by atoms with Crippen LogP contribution in [0.5, 0.6) is 0 Å². The molecule has 0 aromatic heterocycles. The highest BCUT2D eigenvalue weighted by Crippen LogP contribution is 2.20. The molecule has 4 heteroatoms. The number of hydrogen-bond donors (Lipinski definition) is 2. The molecule has 0 bridgehead atoms. The number of aliphatic carboxylic acids is 1. The van der Waals surface area contributed by atoms with Crippen LogP contribution in [0, 0.1) is 5.92 Å². The fourth-order valence-electron chi connectivity index (χ4n) is 2.40. The van der Waals surface area contributed by atoms with Gasteiger partial charge in [0.15, 0.2) is 0 Å². The summed E-state index contributed by atoms with van der Waals surface area (Å²) in [6.07, 6.45) is 0.173. The zero-order valence-corrected chi connectivity index (χ0v) is 9.75. The van der Waals surface area contributed by atoms with Crippen molar-refractivity contribution in [2.24, 2.45) is 11.7 Å². The summed E-state index contributed by atoms with van der Waals surface area (Å²) in [5, 5.41) is 8.79. The molecule has 2 rings (SSSR count). The van der Waals surface area contributed by atoms with E-state index in [0.29, 0.717) is 0 Å². The van der Waals surface area contributed by atoms with Gasteiger partial charge < -0.3 is 10.8 Å². The highest BCUT2D eigenvalue weighted by atomic mass is 16.4. The van der Waals surface area contributed by atoms with Crippen molar-refractivity contribution in [3.05, 3.63) is 35.9 Å². The van der Waals surface area contributed by atoms with E-state index in [9.17, 15) is 4.79 Å². The summed E-state index contributed by atoms with van der Waals surface area (Å²) in [4.78, 5) is 12.9. The lowest BCUT2D eigenvalue weighted by Gasteiger charge is -2.15. The Morgan fingerprint density at radius 2 is 2.06 bits per heavy atom. The van der Waals surface area contributed by atoms with E-state index in [4.69, 9.17) is 10.8 Å². The Bertz CT molecular complexity index is 380. The van der Waals surface area contributed by atoms with Crippen molar-refractivity contribution in [1.29, 1.82) is 0 Å². The number of nitrogens with zero attached hydrogens (tertiary/aromatic N) is 1. The lowest BCUT2D eigenvalue weighted by molar-refractivity contribution is -0.138. The normalized spacial score (nSPS) is 25.0. The van der Waals surface area contributed by atoms with Gasteiger partial charge in [-0.05, 0) is 11.5 Å². The quantitative estimate of drug-likeness (QED) is 0.813. The number of carboxylic acid groups (broad SMARTS) is 1. The van der Waals surface area contributed by atoms with E-state index in [-0.39, 0.29) is 18.4 Å². The van der Waals surface area contributed by atoms with E-state index in [1.165, 1.54) is 5.56 Å². The third kappa shape index (κ3) is 3.28. The maximum atomic E-state index is 10.7. The first-order chi connectivity index (χ1) is 8.15. The molecule has 1 aromatic carbocycles. The number of carbonyl (C=O) groups is 1. The molecule has 2 unspecified atom stereocenters. The third-order valence-electron chi connectivity index (χ3n) is 3.25. The van der Waals surface area contributed by atoms with Crippen LogP contribution >= 0.6 is 0 Å².